The molecule has 6 heteroatoms. The number of carbonyl (C=O) groups is 1. The molecule has 1 saturated heterocycles. The van der Waals surface area contributed by atoms with Crippen LogP contribution in [0.5, 0.6) is 0 Å². The fraction of sp³-hybridized carbons (Fsp3) is 0.800. The molecule has 0 aliphatic carbocycles. The normalized spacial score (nSPS) is 20.4. The van der Waals surface area contributed by atoms with Crippen LogP contribution in [-0.2, 0) is 14.3 Å². The maximum absolute atomic E-state index is 12.0. The zero-order valence-electron chi connectivity index (χ0n) is 9.48. The van der Waals surface area contributed by atoms with E-state index in [2.05, 4.69) is 0 Å². The molecule has 0 aromatic heterocycles. The van der Waals surface area contributed by atoms with Crippen LogP contribution in [0.2, 0.25) is 0 Å². The van der Waals surface area contributed by atoms with Crippen LogP contribution in [0.4, 0.5) is 0 Å². The summed E-state index contributed by atoms with van der Waals surface area (Å²) < 4.78 is 10.5. The number of nitrogens with zero attached hydrogens (tertiary/aromatic N) is 1. The molecule has 0 radical (unpaired) electrons. The second-order valence-electron chi connectivity index (χ2n) is 3.57. The summed E-state index contributed by atoms with van der Waals surface area (Å²) in [5.41, 5.74) is 5.41. The number of ether oxygens (including phenoxy) is 2. The van der Waals surface area contributed by atoms with E-state index in [-0.39, 0.29) is 5.91 Å². The molecule has 1 aliphatic rings. The van der Waals surface area contributed by atoms with Crippen molar-refractivity contribution in [1.82, 2.24) is 4.90 Å². The Morgan fingerprint density at radius 1 is 1.56 bits per heavy atom. The maximum atomic E-state index is 12.0. The minimum atomic E-state index is -0.472. The van der Waals surface area contributed by atoms with Gasteiger partial charge in [0.25, 0.3) is 5.91 Å². The van der Waals surface area contributed by atoms with Gasteiger partial charge in [-0.2, -0.15) is 0 Å². The van der Waals surface area contributed by atoms with Crippen molar-refractivity contribution in [3.63, 3.8) is 0 Å². The van der Waals surface area contributed by atoms with Crippen molar-refractivity contribution in [2.24, 2.45) is 5.73 Å². The van der Waals surface area contributed by atoms with Gasteiger partial charge in [0.05, 0.1) is 24.8 Å². The molecule has 5 nitrogen and oxygen atoms in total. The van der Waals surface area contributed by atoms with Crippen LogP contribution in [0.15, 0.2) is 0 Å². The van der Waals surface area contributed by atoms with Crippen molar-refractivity contribution in [2.75, 3.05) is 32.9 Å². The number of nitrogens with two attached hydrogens (primary N) is 1. The molecule has 1 rings (SSSR count). The number of hydrogen-bond donors (Lipinski definition) is 1. The van der Waals surface area contributed by atoms with Crippen molar-refractivity contribution < 1.29 is 14.3 Å². The summed E-state index contributed by atoms with van der Waals surface area (Å²) in [5.74, 6) is -0.0431. The van der Waals surface area contributed by atoms with Crippen LogP contribution >= 0.6 is 12.2 Å². The Hall–Kier alpha value is -0.720. The van der Waals surface area contributed by atoms with E-state index in [1.54, 1.807) is 4.90 Å². The fourth-order valence-electron chi connectivity index (χ4n) is 1.50. The van der Waals surface area contributed by atoms with E-state index in [0.29, 0.717) is 44.3 Å². The first-order chi connectivity index (χ1) is 7.65. The summed E-state index contributed by atoms with van der Waals surface area (Å²) >= 11 is 4.79. The minimum absolute atomic E-state index is 0.0431. The molecule has 1 amide bonds. The van der Waals surface area contributed by atoms with Gasteiger partial charge >= 0.3 is 0 Å². The van der Waals surface area contributed by atoms with E-state index < -0.39 is 6.10 Å². The van der Waals surface area contributed by atoms with E-state index in [1.807, 2.05) is 6.92 Å². The first-order valence-electron chi connectivity index (χ1n) is 5.41. The van der Waals surface area contributed by atoms with Gasteiger partial charge in [0.2, 0.25) is 0 Å². The summed E-state index contributed by atoms with van der Waals surface area (Å²) in [6.45, 7) is 4.46. The molecule has 1 atom stereocenters. The van der Waals surface area contributed by atoms with Gasteiger partial charge in [-0.1, -0.05) is 12.2 Å². The third-order valence-corrected chi connectivity index (χ3v) is 2.62. The van der Waals surface area contributed by atoms with Crippen molar-refractivity contribution >= 4 is 23.1 Å². The molecule has 1 heterocycles. The molecule has 1 aliphatic heterocycles. The topological polar surface area (TPSA) is 64.8 Å². The molecule has 0 aromatic carbocycles. The van der Waals surface area contributed by atoms with Crippen LogP contribution in [0.3, 0.4) is 0 Å². The van der Waals surface area contributed by atoms with Gasteiger partial charge in [0.15, 0.2) is 6.10 Å². The molecule has 0 aromatic rings. The molecule has 1 unspecified atom stereocenters. The molecule has 0 bridgehead atoms. The Bertz CT molecular complexity index is 254. The van der Waals surface area contributed by atoms with Gasteiger partial charge in [-0.25, -0.2) is 0 Å². The molecule has 92 valence electrons. The standard InChI is InChI=1S/C10H18N2O3S/c1-2-12(4-3-9(11)16)10(13)8-7-14-5-6-15-8/h8H,2-7H2,1H3,(H2,11,16). The second-order valence-corrected chi connectivity index (χ2v) is 4.09. The lowest BCUT2D eigenvalue weighted by atomic mass is 10.2. The predicted molar refractivity (Wildman–Crippen MR) is 64.2 cm³/mol. The summed E-state index contributed by atoms with van der Waals surface area (Å²) in [6.07, 6.45) is 0.0720. The van der Waals surface area contributed by atoms with E-state index in [9.17, 15) is 4.79 Å². The third-order valence-electron chi connectivity index (χ3n) is 2.41. The van der Waals surface area contributed by atoms with Crippen LogP contribution in [0.1, 0.15) is 13.3 Å². The highest BCUT2D eigenvalue weighted by Gasteiger charge is 2.26. The van der Waals surface area contributed by atoms with Crippen LogP contribution in [0, 0.1) is 0 Å². The molecule has 0 spiro atoms. The summed E-state index contributed by atoms with van der Waals surface area (Å²) in [4.78, 5) is 14.1. The lowest BCUT2D eigenvalue weighted by Gasteiger charge is -2.28. The third kappa shape index (κ3) is 4.03. The smallest absolute Gasteiger partial charge is 0.254 e. The van der Waals surface area contributed by atoms with E-state index >= 15 is 0 Å². The molecule has 1 fully saturated rings. The highest BCUT2D eigenvalue weighted by molar-refractivity contribution is 7.80. The first-order valence-corrected chi connectivity index (χ1v) is 5.82. The van der Waals surface area contributed by atoms with Gasteiger partial charge in [-0.15, -0.1) is 0 Å². The van der Waals surface area contributed by atoms with Crippen molar-refractivity contribution in [3.05, 3.63) is 0 Å². The molecule has 16 heavy (non-hydrogen) atoms. The molecular formula is C10H18N2O3S. The van der Waals surface area contributed by atoms with Crippen LogP contribution in [-0.4, -0.2) is 54.8 Å². The average molecular weight is 246 g/mol. The number of carbonyl (C=O) groups excluding carboxylic acids is 1. The summed E-state index contributed by atoms with van der Waals surface area (Å²) in [6, 6.07) is 0. The lowest BCUT2D eigenvalue weighted by molar-refractivity contribution is -0.157. The number of likely N-dealkylation sites (N-methyl/N-ethyl adjacent to an activating group) is 1. The van der Waals surface area contributed by atoms with Crippen molar-refractivity contribution in [1.29, 1.82) is 0 Å². The zero-order valence-corrected chi connectivity index (χ0v) is 10.3. The molecular weight excluding hydrogens is 228 g/mol. The van der Waals surface area contributed by atoms with E-state index in [0.717, 1.165) is 0 Å². The molecule has 2 N–H and O–H groups in total. The number of thiocarbonyl (C=S) groups is 1. The van der Waals surface area contributed by atoms with Gasteiger partial charge in [-0.3, -0.25) is 4.79 Å². The van der Waals surface area contributed by atoms with Crippen LogP contribution < -0.4 is 5.73 Å². The van der Waals surface area contributed by atoms with Gasteiger partial charge in [0, 0.05) is 19.5 Å². The Morgan fingerprint density at radius 2 is 2.31 bits per heavy atom. The Kier molecular flexibility index (Phi) is 5.65. The largest absolute Gasteiger partial charge is 0.393 e. The van der Waals surface area contributed by atoms with Crippen molar-refractivity contribution in [2.45, 2.75) is 19.4 Å². The quantitative estimate of drug-likeness (QED) is 0.688. The summed E-state index contributed by atoms with van der Waals surface area (Å²) in [7, 11) is 0. The summed E-state index contributed by atoms with van der Waals surface area (Å²) in [5, 5.41) is 0. The lowest BCUT2D eigenvalue weighted by Crippen LogP contribution is -2.46. The zero-order chi connectivity index (χ0) is 12.0. The monoisotopic (exact) mass is 246 g/mol. The fourth-order valence-corrected chi connectivity index (χ4v) is 1.59. The average Bonchev–Trinajstić information content (AvgIpc) is 2.30. The Balaban J connectivity index is 2.44. The first kappa shape index (κ1) is 13.3. The number of rotatable bonds is 5. The van der Waals surface area contributed by atoms with Crippen molar-refractivity contribution in [3.8, 4) is 0 Å². The number of amides is 1. The minimum Gasteiger partial charge on any atom is -0.393 e. The van der Waals surface area contributed by atoms with E-state index in [4.69, 9.17) is 27.4 Å². The Morgan fingerprint density at radius 3 is 2.81 bits per heavy atom. The highest BCUT2D eigenvalue weighted by atomic mass is 32.1. The SMILES string of the molecule is CCN(CCC(N)=S)C(=O)C1COCCO1. The van der Waals surface area contributed by atoms with Crippen LogP contribution in [0.25, 0.3) is 0 Å². The predicted octanol–water partition coefficient (Wildman–Crippen LogP) is -0.0735. The molecule has 0 saturated carbocycles. The van der Waals surface area contributed by atoms with Gasteiger partial charge in [-0.05, 0) is 6.92 Å². The Labute approximate surface area is 101 Å². The van der Waals surface area contributed by atoms with Gasteiger partial charge < -0.3 is 20.1 Å². The maximum Gasteiger partial charge on any atom is 0.254 e. The highest BCUT2D eigenvalue weighted by Crippen LogP contribution is 2.06. The van der Waals surface area contributed by atoms with E-state index in [1.165, 1.54) is 0 Å². The second kappa shape index (κ2) is 6.78. The number of hydrogen-bond acceptors (Lipinski definition) is 4. The van der Waals surface area contributed by atoms with Gasteiger partial charge in [0.1, 0.15) is 0 Å².